The smallest absolute Gasteiger partial charge is 0.206 e. The average molecular weight is 406 g/mol. The second-order valence-corrected chi connectivity index (χ2v) is 9.27. The van der Waals surface area contributed by atoms with Crippen LogP contribution in [0, 0.1) is 5.92 Å². The van der Waals surface area contributed by atoms with E-state index in [4.69, 9.17) is 23.5 Å². The van der Waals surface area contributed by atoms with Gasteiger partial charge in [0.15, 0.2) is 26.0 Å². The lowest BCUT2D eigenvalue weighted by Gasteiger charge is -2.52. The van der Waals surface area contributed by atoms with E-state index in [-0.39, 0.29) is 11.5 Å². The van der Waals surface area contributed by atoms with E-state index in [2.05, 4.69) is 18.2 Å². The SMILES string of the molecule is CCOP(O)CC[C@]12c3c4ccc(OC)c3O[C@H]1C1(CC[C@H]2C=C4)OCCO1. The molecule has 0 radical (unpaired) electrons. The number of ether oxygens (including phenoxy) is 4. The van der Waals surface area contributed by atoms with Gasteiger partial charge in [0.1, 0.15) is 0 Å². The van der Waals surface area contributed by atoms with Crippen LogP contribution in [0.25, 0.3) is 6.08 Å². The predicted molar refractivity (Wildman–Crippen MR) is 106 cm³/mol. The maximum atomic E-state index is 10.4. The van der Waals surface area contributed by atoms with Gasteiger partial charge in [-0.3, -0.25) is 0 Å². The number of fused-ring (bicyclic) bond motifs is 1. The third kappa shape index (κ3) is 2.52. The molecule has 4 atom stereocenters. The topological polar surface area (TPSA) is 66.4 Å². The fourth-order valence-corrected chi connectivity index (χ4v) is 6.62. The van der Waals surface area contributed by atoms with Crippen molar-refractivity contribution in [2.45, 2.75) is 43.5 Å². The molecule has 2 heterocycles. The first kappa shape index (κ1) is 18.8. The summed E-state index contributed by atoms with van der Waals surface area (Å²) in [7, 11) is 0.218. The Balaban J connectivity index is 1.64. The van der Waals surface area contributed by atoms with E-state index < -0.39 is 14.2 Å². The summed E-state index contributed by atoms with van der Waals surface area (Å²) in [5.74, 6) is 1.12. The van der Waals surface area contributed by atoms with Crippen molar-refractivity contribution in [3.8, 4) is 11.5 Å². The largest absolute Gasteiger partial charge is 0.493 e. The fraction of sp³-hybridized carbons (Fsp3) is 0.619. The van der Waals surface area contributed by atoms with Gasteiger partial charge in [-0.15, -0.1) is 0 Å². The summed E-state index contributed by atoms with van der Waals surface area (Å²) in [4.78, 5) is 10.4. The van der Waals surface area contributed by atoms with E-state index in [1.807, 2.05) is 13.0 Å². The Morgan fingerprint density at radius 3 is 2.86 bits per heavy atom. The summed E-state index contributed by atoms with van der Waals surface area (Å²) in [5.41, 5.74) is 2.03. The van der Waals surface area contributed by atoms with E-state index >= 15 is 0 Å². The molecular weight excluding hydrogens is 379 g/mol. The molecule has 7 heteroatoms. The molecule has 152 valence electrons. The molecule has 1 aromatic rings. The van der Waals surface area contributed by atoms with Gasteiger partial charge in [0.2, 0.25) is 5.79 Å². The third-order valence-electron chi connectivity index (χ3n) is 6.69. The van der Waals surface area contributed by atoms with Gasteiger partial charge in [-0.1, -0.05) is 18.2 Å². The number of benzene rings is 1. The molecule has 1 saturated heterocycles. The zero-order valence-electron chi connectivity index (χ0n) is 16.3. The van der Waals surface area contributed by atoms with Crippen LogP contribution in [0.1, 0.15) is 37.3 Å². The molecule has 1 unspecified atom stereocenters. The van der Waals surface area contributed by atoms with Gasteiger partial charge in [-0.25, -0.2) is 0 Å². The molecule has 4 aliphatic rings. The molecule has 2 aliphatic carbocycles. The second-order valence-electron chi connectivity index (χ2n) is 7.86. The maximum Gasteiger partial charge on any atom is 0.206 e. The average Bonchev–Trinajstić information content (AvgIpc) is 3.32. The normalized spacial score (nSPS) is 32.2. The van der Waals surface area contributed by atoms with Crippen LogP contribution in [-0.4, -0.2) is 49.9 Å². The van der Waals surface area contributed by atoms with Crippen LogP contribution >= 0.6 is 8.38 Å². The summed E-state index contributed by atoms with van der Waals surface area (Å²) in [6.45, 7) is 3.60. The van der Waals surface area contributed by atoms with Gasteiger partial charge in [0, 0.05) is 23.6 Å². The number of hydrogen-bond donors (Lipinski definition) is 1. The van der Waals surface area contributed by atoms with Gasteiger partial charge < -0.3 is 28.4 Å². The van der Waals surface area contributed by atoms with Crippen molar-refractivity contribution < 1.29 is 28.4 Å². The first-order chi connectivity index (χ1) is 13.6. The zero-order chi connectivity index (χ0) is 19.4. The van der Waals surface area contributed by atoms with Crippen LogP contribution in [0.5, 0.6) is 11.5 Å². The fourth-order valence-electron chi connectivity index (χ4n) is 5.63. The van der Waals surface area contributed by atoms with Gasteiger partial charge in [0.05, 0.1) is 26.9 Å². The van der Waals surface area contributed by atoms with Crippen LogP contribution in [0.15, 0.2) is 18.2 Å². The minimum Gasteiger partial charge on any atom is -0.493 e. The van der Waals surface area contributed by atoms with E-state index in [9.17, 15) is 4.89 Å². The predicted octanol–water partition coefficient (Wildman–Crippen LogP) is 3.60. The van der Waals surface area contributed by atoms with Crippen molar-refractivity contribution >= 4 is 14.5 Å². The molecule has 1 N–H and O–H groups in total. The highest BCUT2D eigenvalue weighted by molar-refractivity contribution is 7.46. The molecule has 0 amide bonds. The Morgan fingerprint density at radius 2 is 2.11 bits per heavy atom. The van der Waals surface area contributed by atoms with Crippen molar-refractivity contribution in [3.63, 3.8) is 0 Å². The van der Waals surface area contributed by atoms with Crippen LogP contribution in [0.3, 0.4) is 0 Å². The third-order valence-corrected chi connectivity index (χ3v) is 7.85. The summed E-state index contributed by atoms with van der Waals surface area (Å²) in [6.07, 6.45) is 7.37. The Bertz CT molecular complexity index is 789. The Kier molecular flexibility index (Phi) is 4.68. The monoisotopic (exact) mass is 406 g/mol. The number of allylic oxidation sites excluding steroid dienone is 1. The Labute approximate surface area is 166 Å². The molecule has 5 rings (SSSR count). The van der Waals surface area contributed by atoms with Gasteiger partial charge in [0.25, 0.3) is 0 Å². The minimum absolute atomic E-state index is 0.263. The molecule has 0 aromatic heterocycles. The van der Waals surface area contributed by atoms with Crippen LogP contribution in [0.4, 0.5) is 0 Å². The van der Waals surface area contributed by atoms with Gasteiger partial charge in [-0.2, -0.15) is 0 Å². The van der Waals surface area contributed by atoms with Crippen molar-refractivity contribution in [2.75, 3.05) is 33.1 Å². The zero-order valence-corrected chi connectivity index (χ0v) is 17.2. The molecule has 0 bridgehead atoms. The van der Waals surface area contributed by atoms with Crippen molar-refractivity contribution in [3.05, 3.63) is 29.3 Å². The molecule has 6 nitrogen and oxygen atoms in total. The van der Waals surface area contributed by atoms with Gasteiger partial charge in [-0.05, 0) is 37.3 Å². The van der Waals surface area contributed by atoms with E-state index in [1.165, 1.54) is 5.56 Å². The molecular formula is C21H27O6P. The molecule has 1 saturated carbocycles. The number of rotatable bonds is 6. The minimum atomic E-state index is -1.46. The lowest BCUT2D eigenvalue weighted by molar-refractivity contribution is -0.247. The van der Waals surface area contributed by atoms with Gasteiger partial charge >= 0.3 is 0 Å². The highest BCUT2D eigenvalue weighted by Crippen LogP contribution is 2.64. The first-order valence-electron chi connectivity index (χ1n) is 10.1. The lowest BCUT2D eigenvalue weighted by Crippen LogP contribution is -2.62. The maximum absolute atomic E-state index is 10.4. The van der Waals surface area contributed by atoms with Crippen LogP contribution in [0.2, 0.25) is 0 Å². The first-order valence-corrected chi connectivity index (χ1v) is 11.5. The molecule has 2 fully saturated rings. The highest BCUT2D eigenvalue weighted by atomic mass is 31.2. The van der Waals surface area contributed by atoms with Crippen LogP contribution < -0.4 is 9.47 Å². The number of methoxy groups -OCH3 is 1. The van der Waals surface area contributed by atoms with Crippen LogP contribution in [-0.2, 0) is 19.4 Å². The van der Waals surface area contributed by atoms with Crippen molar-refractivity contribution in [1.82, 2.24) is 0 Å². The summed E-state index contributed by atoms with van der Waals surface area (Å²) in [5, 5.41) is 0. The van der Waals surface area contributed by atoms with Crippen molar-refractivity contribution in [2.24, 2.45) is 5.92 Å². The summed E-state index contributed by atoms with van der Waals surface area (Å²) in [6, 6.07) is 4.06. The molecule has 28 heavy (non-hydrogen) atoms. The quantitative estimate of drug-likeness (QED) is 0.729. The molecule has 1 aromatic carbocycles. The van der Waals surface area contributed by atoms with E-state index in [0.29, 0.717) is 31.9 Å². The second kappa shape index (κ2) is 6.96. The Morgan fingerprint density at radius 1 is 1.29 bits per heavy atom. The van der Waals surface area contributed by atoms with E-state index in [1.54, 1.807) is 7.11 Å². The molecule has 2 aliphatic heterocycles. The Hall–Kier alpha value is -1.17. The molecule has 1 spiro atoms. The van der Waals surface area contributed by atoms with E-state index in [0.717, 1.165) is 36.3 Å². The lowest BCUT2D eigenvalue weighted by atomic mass is 9.56. The standard InChI is InChI=1S/C21H27O6P/c1-3-26-28(22)13-10-20-15-6-4-14-5-7-16(23-2)18(17(14)20)27-19(20)21(9-8-15)24-11-12-25-21/h4-7,15,19,22H,3,8-13H2,1-2H3/t15-,19-,20+,28?/m1/s1. The highest BCUT2D eigenvalue weighted by Gasteiger charge is 2.67. The van der Waals surface area contributed by atoms with Crippen molar-refractivity contribution in [1.29, 1.82) is 0 Å². The summed E-state index contributed by atoms with van der Waals surface area (Å²) < 4.78 is 30.1. The number of hydrogen-bond acceptors (Lipinski definition) is 6. The summed E-state index contributed by atoms with van der Waals surface area (Å²) >= 11 is 0.